The van der Waals surface area contributed by atoms with E-state index in [9.17, 15) is 18.0 Å². The predicted octanol–water partition coefficient (Wildman–Crippen LogP) is 30.8. The van der Waals surface area contributed by atoms with Crippen molar-refractivity contribution in [2.24, 2.45) is 130 Å². The largest absolute Gasteiger partial charge is 0.340 e. The highest BCUT2D eigenvalue weighted by Crippen LogP contribution is 2.51. The standard InChI is InChI=1S/C14H27N.3C13H25N.2C12H24N2.C12H25N.C11H21F2N.C11H22FN.C11H21NO.C11H23N/c1-10(2)15-9-11-6-7-12(15)8-13(11)14(3,4)5;1-9(2)11-7-12-5-6-13(8-11)14(12)10(3)4;1-9(2)13-7-12-6-5-11(13)8-14(12)10(3)4;1-9(2)13-11-5-6-12(13)8-14(7-11)10(3)4;1-9(2)13-7-12-6-5-11(13)8-14(12)10(3)4;1-9(2)13-7-11-5-6-12(8-13)14(11)10(3)4;1-9(2)12-6-7-13(10(3)4)11(5)8-12;1-8(2)10-5-6-14(9(3)4)7-11(10,12)13;1-8(2)10-5-6-13(9(3)4)7-11(10)12;1-8(2)10-5-6-12(9(3)4)11(13)7-10;1-9(2)11-5-7-12(8-6-11)10(3)4/h10-13H,6-9H2,1-5H3;3*9-13H,5-8H2,1-4H3;2*9-12H,5-8H2,1-4H3;9-12H,6-8H2,1-5H3;8-10H,5-7H2,1-4H3;8-11H,5-7H2,1-4H3;8-10H,5-7H2,1-4H3;9-11H,5-8H2,1-4H3. The van der Waals surface area contributed by atoms with Crippen molar-refractivity contribution in [2.45, 2.75) is 618 Å². The van der Waals surface area contributed by atoms with Gasteiger partial charge >= 0.3 is 0 Å². The molecule has 12 bridgehead atoms. The summed E-state index contributed by atoms with van der Waals surface area (Å²) in [5.41, 5.74) is 0.520. The molecule has 17 heterocycles. The molecular formula is C133H262F3N13O. The lowest BCUT2D eigenvalue weighted by Crippen LogP contribution is -2.65. The number of hydrogen-bond acceptors (Lipinski definition) is 13. The van der Waals surface area contributed by atoms with Crippen LogP contribution in [0.25, 0.3) is 0 Å². The van der Waals surface area contributed by atoms with Crippen LogP contribution in [0.2, 0.25) is 0 Å². The van der Waals surface area contributed by atoms with Gasteiger partial charge in [-0.3, -0.25) is 53.8 Å². The summed E-state index contributed by atoms with van der Waals surface area (Å²) >= 11 is 0. The van der Waals surface area contributed by atoms with Crippen LogP contribution >= 0.6 is 0 Å². The number of likely N-dealkylation sites (tertiary alicyclic amines) is 7. The van der Waals surface area contributed by atoms with Gasteiger partial charge in [-0.25, -0.2) is 13.2 Å². The molecule has 20 rings (SSSR count). The Kier molecular flexibility index (Phi) is 57.0. The number of carbonyl (C=O) groups is 1. The highest BCUT2D eigenvalue weighted by molar-refractivity contribution is 5.77. The molecule has 150 heavy (non-hydrogen) atoms. The number of piperazine rings is 2. The predicted molar refractivity (Wildman–Crippen MR) is 648 cm³/mol. The zero-order chi connectivity index (χ0) is 113. The lowest BCUT2D eigenvalue weighted by Gasteiger charge is -2.54. The second kappa shape index (κ2) is 63.0. The number of hydrogen-bond donors (Lipinski definition) is 0. The minimum atomic E-state index is -2.50. The highest BCUT2D eigenvalue weighted by atomic mass is 19.3. The maximum absolute atomic E-state index is 13.7. The molecule has 3 saturated carbocycles. The van der Waals surface area contributed by atoms with E-state index < -0.39 is 18.0 Å². The second-order valence-corrected chi connectivity index (χ2v) is 60.1. The zero-order valence-corrected chi connectivity index (χ0v) is 109. The number of fused-ring (bicyclic) bond motifs is 15. The topological polar surface area (TPSA) is 59.2 Å². The smallest absolute Gasteiger partial charge is 0.263 e. The Balaban J connectivity index is 0.000000223. The average Bonchev–Trinajstić information content (AvgIpc) is 1.25. The fourth-order valence-electron chi connectivity index (χ4n) is 32.4. The summed E-state index contributed by atoms with van der Waals surface area (Å²) in [5.74, 6) is 14.0. The second-order valence-electron chi connectivity index (χ2n) is 60.1. The van der Waals surface area contributed by atoms with Crippen LogP contribution in [0.1, 0.15) is 473 Å². The van der Waals surface area contributed by atoms with Crippen LogP contribution in [0.5, 0.6) is 0 Å². The van der Waals surface area contributed by atoms with E-state index in [1.165, 1.54) is 207 Å². The summed E-state index contributed by atoms with van der Waals surface area (Å²) in [7, 11) is 0. The lowest BCUT2D eigenvalue weighted by atomic mass is 9.62. The molecule has 1 amide bonds. The molecule has 20 aliphatic rings. The summed E-state index contributed by atoms with van der Waals surface area (Å²) in [4.78, 5) is 44.8. The number of carbonyl (C=O) groups excluding carboxylic acids is 1. The van der Waals surface area contributed by atoms with E-state index in [1.54, 1.807) is 0 Å². The molecule has 17 heteroatoms. The molecule has 17 saturated heterocycles. The SMILES string of the molecule is CC(C)C1C2CCC1CN(C(C)C)C2.CC(C)C1CC2CCC(C1)N2C(C)C.CC(C)C1CC2CCC1CN2C(C)C.CC(C)C1CCN(C(C)C)C(=O)C1.CC(C)C1CCN(C(C)C)C(C)C1.CC(C)C1CCN(C(C)C)CC1.CC(C)C1CCN(C(C)C)CC1(F)F.CC(C)C1CCN(C(C)C)CC1F.CC(C)N1CC2CCC(C1)N2C(C)C.CC(C)N1CC2CCC1CC2C(C)(C)C.CC(C)N1CC2CCC1CN2C(C)C. The summed E-state index contributed by atoms with van der Waals surface area (Å²) in [6.07, 6.45) is 32.0. The minimum Gasteiger partial charge on any atom is -0.340 e. The van der Waals surface area contributed by atoms with Crippen LogP contribution in [0.15, 0.2) is 0 Å². The summed E-state index contributed by atoms with van der Waals surface area (Å²) in [6, 6.07) is 16.3. The monoisotopic (exact) mass is 2120 g/mol. The van der Waals surface area contributed by atoms with Crippen LogP contribution < -0.4 is 0 Å². The first-order valence-corrected chi connectivity index (χ1v) is 65.2. The van der Waals surface area contributed by atoms with Crippen molar-refractivity contribution in [3.8, 4) is 0 Å². The third-order valence-corrected chi connectivity index (χ3v) is 42.1. The van der Waals surface area contributed by atoms with Gasteiger partial charge in [0.25, 0.3) is 5.92 Å². The molecule has 20 fully saturated rings. The molecule has 0 radical (unpaired) electrons. The van der Waals surface area contributed by atoms with Gasteiger partial charge in [-0.05, 0) is 491 Å². The van der Waals surface area contributed by atoms with Gasteiger partial charge in [-0.15, -0.1) is 0 Å². The van der Waals surface area contributed by atoms with Crippen molar-refractivity contribution in [3.63, 3.8) is 0 Å². The third-order valence-electron chi connectivity index (χ3n) is 42.1. The van der Waals surface area contributed by atoms with Crippen molar-refractivity contribution in [2.75, 3.05) is 105 Å². The molecule has 0 spiro atoms. The van der Waals surface area contributed by atoms with Crippen molar-refractivity contribution in [1.82, 2.24) is 63.7 Å². The summed E-state index contributed by atoms with van der Waals surface area (Å²) in [6.45, 7) is 123. The number of amides is 1. The Morgan fingerprint density at radius 2 is 0.640 bits per heavy atom. The lowest BCUT2D eigenvalue weighted by molar-refractivity contribution is -0.137. The van der Waals surface area contributed by atoms with E-state index in [4.69, 9.17) is 0 Å². The van der Waals surface area contributed by atoms with E-state index in [0.29, 0.717) is 54.1 Å². The molecule has 0 aromatic carbocycles. The number of nitrogens with zero attached hydrogens (tertiary/aromatic N) is 13. The molecule has 20 atom stereocenters. The minimum absolute atomic E-state index is 0.0620. The van der Waals surface area contributed by atoms with Gasteiger partial charge in [-0.1, -0.05) is 132 Å². The normalized spacial score (nSPS) is 33.1. The first kappa shape index (κ1) is 136. The molecule has 3 aliphatic carbocycles. The van der Waals surface area contributed by atoms with Crippen molar-refractivity contribution in [1.29, 1.82) is 0 Å². The molecule has 0 aromatic rings. The quantitative estimate of drug-likeness (QED) is 0.110. The fraction of sp³-hybridized carbons (Fsp3) is 0.992. The fourth-order valence-corrected chi connectivity index (χ4v) is 32.4. The van der Waals surface area contributed by atoms with Gasteiger partial charge in [0, 0.05) is 211 Å². The van der Waals surface area contributed by atoms with Crippen LogP contribution in [0.4, 0.5) is 13.2 Å². The Bertz CT molecular complexity index is 3290. The Hall–Kier alpha value is -1.22. The number of halogens is 3. The zero-order valence-electron chi connectivity index (χ0n) is 109. The maximum Gasteiger partial charge on any atom is 0.263 e. The third kappa shape index (κ3) is 39.9. The first-order valence-electron chi connectivity index (χ1n) is 65.2. The van der Waals surface area contributed by atoms with Gasteiger partial charge in [0.1, 0.15) is 6.17 Å². The molecular weight excluding hydrogens is 1850 g/mol. The Labute approximate surface area is 933 Å². The van der Waals surface area contributed by atoms with Crippen LogP contribution in [0.3, 0.4) is 0 Å². The van der Waals surface area contributed by atoms with Gasteiger partial charge < -0.3 is 14.7 Å². The van der Waals surface area contributed by atoms with Crippen molar-refractivity contribution in [3.05, 3.63) is 0 Å². The van der Waals surface area contributed by atoms with E-state index >= 15 is 0 Å². The van der Waals surface area contributed by atoms with Crippen LogP contribution in [-0.2, 0) is 4.79 Å². The molecule has 20 unspecified atom stereocenters. The highest BCUT2D eigenvalue weighted by Gasteiger charge is 2.51. The number of piperidine rings is 13. The van der Waals surface area contributed by atoms with Gasteiger partial charge in [0.15, 0.2) is 0 Å². The van der Waals surface area contributed by atoms with E-state index in [1.807, 2.05) is 37.5 Å². The first-order chi connectivity index (χ1) is 69.9. The average molecular weight is 2120 g/mol. The Morgan fingerprint density at radius 1 is 0.267 bits per heavy atom. The maximum atomic E-state index is 13.7. The van der Waals surface area contributed by atoms with Crippen molar-refractivity contribution < 1.29 is 18.0 Å². The molecule has 14 nitrogen and oxygen atoms in total. The Morgan fingerprint density at radius 3 is 0.987 bits per heavy atom. The van der Waals surface area contributed by atoms with Gasteiger partial charge in [0.2, 0.25) is 5.91 Å². The van der Waals surface area contributed by atoms with Gasteiger partial charge in [-0.2, -0.15) is 0 Å². The number of rotatable bonds is 21. The van der Waals surface area contributed by atoms with Gasteiger partial charge in [0.05, 0.1) is 6.54 Å². The molecule has 17 aliphatic heterocycles. The van der Waals surface area contributed by atoms with E-state index in [2.05, 4.69) is 345 Å². The summed E-state index contributed by atoms with van der Waals surface area (Å²) < 4.78 is 41.0. The molecule has 0 aromatic heterocycles. The summed E-state index contributed by atoms with van der Waals surface area (Å²) in [5, 5.41) is 0. The molecule has 0 N–H and O–H groups in total. The van der Waals surface area contributed by atoms with Crippen LogP contribution in [-0.4, -0.2) is 319 Å². The van der Waals surface area contributed by atoms with Crippen molar-refractivity contribution >= 4 is 5.91 Å². The number of alkyl halides is 3. The molecule has 886 valence electrons. The van der Waals surface area contributed by atoms with Crippen LogP contribution in [0, 0.1) is 130 Å². The van der Waals surface area contributed by atoms with E-state index in [-0.39, 0.29) is 24.4 Å². The van der Waals surface area contributed by atoms with E-state index in [0.717, 1.165) is 236 Å².